The van der Waals surface area contributed by atoms with Gasteiger partial charge in [0.2, 0.25) is 0 Å². The third kappa shape index (κ3) is 42.8. The van der Waals surface area contributed by atoms with Crippen LogP contribution in [0.2, 0.25) is 0 Å². The molecule has 0 aromatic rings. The molecule has 0 aromatic carbocycles. The molecule has 1 unspecified atom stereocenters. The zero-order valence-corrected chi connectivity index (χ0v) is 38.1. The lowest BCUT2D eigenvalue weighted by molar-refractivity contribution is -0.870. The van der Waals surface area contributed by atoms with Gasteiger partial charge in [-0.1, -0.05) is 131 Å². The number of allylic oxidation sites excluding steroid dienone is 14. The van der Waals surface area contributed by atoms with Gasteiger partial charge in [-0.05, 0) is 96.3 Å². The second-order valence-corrected chi connectivity index (χ2v) is 17.2. The first-order valence-electron chi connectivity index (χ1n) is 22.3. The van der Waals surface area contributed by atoms with Crippen molar-refractivity contribution in [1.82, 2.24) is 0 Å². The van der Waals surface area contributed by atoms with Crippen molar-refractivity contribution in [2.45, 2.75) is 161 Å². The molecule has 1 N–H and O–H groups in total. The number of quaternary nitrogens is 1. The van der Waals surface area contributed by atoms with Crippen molar-refractivity contribution in [2.24, 2.45) is 0 Å². The summed E-state index contributed by atoms with van der Waals surface area (Å²) in [4.78, 5) is 35.4. The molecule has 10 heteroatoms. The van der Waals surface area contributed by atoms with Crippen molar-refractivity contribution in [2.75, 3.05) is 47.5 Å². The van der Waals surface area contributed by atoms with E-state index in [0.717, 1.165) is 70.6 Å². The van der Waals surface area contributed by atoms with E-state index in [-0.39, 0.29) is 26.1 Å². The highest BCUT2D eigenvalue weighted by Gasteiger charge is 2.27. The summed E-state index contributed by atoms with van der Waals surface area (Å²) in [6.07, 6.45) is 50.6. The Morgan fingerprint density at radius 1 is 0.534 bits per heavy atom. The number of ether oxygens (including phenoxy) is 2. The Morgan fingerprint density at radius 2 is 0.931 bits per heavy atom. The molecule has 9 nitrogen and oxygen atoms in total. The highest BCUT2D eigenvalue weighted by atomic mass is 31.2. The summed E-state index contributed by atoms with van der Waals surface area (Å²) in [7, 11) is 1.42. The molecule has 0 radical (unpaired) electrons. The molecule has 0 rings (SSSR count). The van der Waals surface area contributed by atoms with Crippen molar-refractivity contribution < 1.29 is 42.1 Å². The molecule has 0 heterocycles. The van der Waals surface area contributed by atoms with E-state index in [1.165, 1.54) is 44.9 Å². The van der Waals surface area contributed by atoms with Crippen LogP contribution in [-0.2, 0) is 32.7 Å². The molecule has 0 bridgehead atoms. The number of nitrogens with zero attached hydrogens (tertiary/aromatic N) is 1. The van der Waals surface area contributed by atoms with E-state index in [1.807, 2.05) is 21.1 Å². The number of hydrogen-bond acceptors (Lipinski definition) is 7. The van der Waals surface area contributed by atoms with Gasteiger partial charge in [-0.2, -0.15) is 0 Å². The number of esters is 2. The summed E-state index contributed by atoms with van der Waals surface area (Å²) in [5.74, 6) is -0.888. The van der Waals surface area contributed by atoms with Crippen LogP contribution in [0.4, 0.5) is 0 Å². The number of carbonyl (C=O) groups is 2. The van der Waals surface area contributed by atoms with Gasteiger partial charge in [-0.15, -0.1) is 0 Å². The second kappa shape index (κ2) is 39.6. The van der Waals surface area contributed by atoms with Gasteiger partial charge in [0, 0.05) is 12.8 Å². The lowest BCUT2D eigenvalue weighted by atomic mass is 10.1. The number of likely N-dealkylation sites (N-methyl/N-ethyl adjacent to an activating group) is 1. The van der Waals surface area contributed by atoms with Crippen LogP contribution in [0.25, 0.3) is 0 Å². The summed E-state index contributed by atoms with van der Waals surface area (Å²) < 4.78 is 34.2. The van der Waals surface area contributed by atoms with Crippen LogP contribution in [0.1, 0.15) is 155 Å². The first-order valence-corrected chi connectivity index (χ1v) is 23.8. The molecule has 0 aliphatic rings. The fraction of sp³-hybridized carbons (Fsp3) is 0.667. The molecule has 0 amide bonds. The summed E-state index contributed by atoms with van der Waals surface area (Å²) in [6, 6.07) is 0. The Bertz CT molecular complexity index is 1260. The minimum absolute atomic E-state index is 0.0143. The van der Waals surface area contributed by atoms with Crippen LogP contribution in [0.5, 0.6) is 0 Å². The van der Waals surface area contributed by atoms with E-state index in [4.69, 9.17) is 18.5 Å². The number of unbranched alkanes of at least 4 members (excludes halogenated alkanes) is 11. The van der Waals surface area contributed by atoms with Gasteiger partial charge in [0.05, 0.1) is 27.7 Å². The Kier molecular flexibility index (Phi) is 37.7. The van der Waals surface area contributed by atoms with Crippen molar-refractivity contribution in [1.29, 1.82) is 0 Å². The van der Waals surface area contributed by atoms with Gasteiger partial charge < -0.3 is 18.9 Å². The molecule has 0 spiro atoms. The smallest absolute Gasteiger partial charge is 0.462 e. The lowest BCUT2D eigenvalue weighted by Gasteiger charge is -2.24. The summed E-state index contributed by atoms with van der Waals surface area (Å²) >= 11 is 0. The van der Waals surface area contributed by atoms with Gasteiger partial charge in [0.15, 0.2) is 6.10 Å². The van der Waals surface area contributed by atoms with Gasteiger partial charge in [0.1, 0.15) is 19.8 Å². The molecule has 0 fully saturated rings. The number of phosphoric acid groups is 1. The molecule has 2 atom stereocenters. The monoisotopic (exact) mass is 833 g/mol. The van der Waals surface area contributed by atoms with Gasteiger partial charge in [0.25, 0.3) is 0 Å². The van der Waals surface area contributed by atoms with E-state index in [1.54, 1.807) is 0 Å². The predicted octanol–water partition coefficient (Wildman–Crippen LogP) is 12.8. The Labute approximate surface area is 354 Å². The standard InChI is InChI=1S/C48H82NO8P/c1-6-8-10-12-14-16-18-20-22-23-24-25-27-28-30-32-34-36-38-40-47(50)54-44-46(45-56-58(52,53)55-43-42-49(3,4)5)57-48(51)41-39-37-35-33-31-29-26-21-19-17-15-13-11-9-7-2/h14-17,20-22,24-26,28,30-31,33,46H,6-13,18-19,23,27,29,32,34-45H2,1-5H3/p+1/b16-14+,17-15+,22-20+,25-24+,26-21+,30-28+,33-31+/t46-/m1/s1. The van der Waals surface area contributed by atoms with Crippen molar-refractivity contribution in [3.05, 3.63) is 85.1 Å². The maximum absolute atomic E-state index is 12.7. The van der Waals surface area contributed by atoms with Gasteiger partial charge in [-0.25, -0.2) is 4.57 Å². The number of phosphoric ester groups is 1. The highest BCUT2D eigenvalue weighted by Crippen LogP contribution is 2.43. The predicted molar refractivity (Wildman–Crippen MR) is 242 cm³/mol. The third-order valence-corrected chi connectivity index (χ3v) is 9.88. The van der Waals surface area contributed by atoms with Crippen LogP contribution in [0, 0.1) is 0 Å². The van der Waals surface area contributed by atoms with E-state index in [0.29, 0.717) is 23.9 Å². The first kappa shape index (κ1) is 55.2. The van der Waals surface area contributed by atoms with Crippen molar-refractivity contribution >= 4 is 19.8 Å². The van der Waals surface area contributed by atoms with Crippen molar-refractivity contribution in [3.8, 4) is 0 Å². The first-order chi connectivity index (χ1) is 28.0. The average Bonchev–Trinajstić information content (AvgIpc) is 3.17. The van der Waals surface area contributed by atoms with E-state index >= 15 is 0 Å². The van der Waals surface area contributed by atoms with Crippen LogP contribution in [-0.4, -0.2) is 74.9 Å². The van der Waals surface area contributed by atoms with Crippen LogP contribution < -0.4 is 0 Å². The molecule has 58 heavy (non-hydrogen) atoms. The topological polar surface area (TPSA) is 108 Å². The molecule has 0 aliphatic carbocycles. The molecule has 0 aromatic heterocycles. The maximum Gasteiger partial charge on any atom is 0.472 e. The SMILES string of the molecule is CCCCC/C=C/C/C=C/C/C=C/C/C=C/CCCCCC(=O)OC[C@H](COP(=O)(O)OCC[N+](C)(C)C)OC(=O)CCCC/C=C/C/C=C/C/C=C/CCCCC. The third-order valence-electron chi connectivity index (χ3n) is 8.90. The molecule has 0 saturated carbocycles. The summed E-state index contributed by atoms with van der Waals surface area (Å²) in [6.45, 7) is 4.26. The largest absolute Gasteiger partial charge is 0.472 e. The zero-order valence-electron chi connectivity index (χ0n) is 37.2. The van der Waals surface area contributed by atoms with E-state index in [9.17, 15) is 19.0 Å². The number of rotatable bonds is 39. The fourth-order valence-corrected chi connectivity index (χ4v) is 6.10. The highest BCUT2D eigenvalue weighted by molar-refractivity contribution is 7.47. The maximum atomic E-state index is 12.7. The molecule has 332 valence electrons. The fourth-order valence-electron chi connectivity index (χ4n) is 5.35. The van der Waals surface area contributed by atoms with Crippen LogP contribution in [0.3, 0.4) is 0 Å². The van der Waals surface area contributed by atoms with Crippen molar-refractivity contribution in [3.63, 3.8) is 0 Å². The molecular formula is C48H83NO8P+. The minimum Gasteiger partial charge on any atom is -0.462 e. The summed E-state index contributed by atoms with van der Waals surface area (Å²) in [5.41, 5.74) is 0. The van der Waals surface area contributed by atoms with Gasteiger partial charge in [-0.3, -0.25) is 18.6 Å². The second-order valence-electron chi connectivity index (χ2n) is 15.7. The number of carbonyl (C=O) groups excluding carboxylic acids is 2. The quantitative estimate of drug-likeness (QED) is 0.0214. The molecular weight excluding hydrogens is 750 g/mol. The van der Waals surface area contributed by atoms with E-state index < -0.39 is 32.5 Å². The number of hydrogen-bond donors (Lipinski definition) is 1. The summed E-state index contributed by atoms with van der Waals surface area (Å²) in [5, 5.41) is 0. The van der Waals surface area contributed by atoms with E-state index in [2.05, 4.69) is 98.9 Å². The Balaban J connectivity index is 4.49. The van der Waals surface area contributed by atoms with Crippen LogP contribution >= 0.6 is 7.82 Å². The minimum atomic E-state index is -4.40. The molecule has 0 aliphatic heterocycles. The molecule has 0 saturated heterocycles. The Hall–Kier alpha value is -2.81. The zero-order chi connectivity index (χ0) is 42.8. The van der Waals surface area contributed by atoms with Crippen LogP contribution in [0.15, 0.2) is 85.1 Å². The van der Waals surface area contributed by atoms with Gasteiger partial charge >= 0.3 is 19.8 Å². The Morgan fingerprint density at radius 3 is 1.38 bits per heavy atom. The average molecular weight is 833 g/mol. The lowest BCUT2D eigenvalue weighted by Crippen LogP contribution is -2.37. The normalized spacial score (nSPS) is 14.4.